The molecule has 0 unspecified atom stereocenters. The van der Waals surface area contributed by atoms with Crippen LogP contribution in [0.4, 0.5) is 8.78 Å². The molecule has 0 bridgehead atoms. The molecule has 0 aliphatic rings. The van der Waals surface area contributed by atoms with E-state index in [1.165, 1.54) is 0 Å². The highest BCUT2D eigenvalue weighted by molar-refractivity contribution is 8.93. The summed E-state index contributed by atoms with van der Waals surface area (Å²) >= 11 is 0. The summed E-state index contributed by atoms with van der Waals surface area (Å²) in [6, 6.07) is 0. The molecule has 0 spiro atoms. The third kappa shape index (κ3) is 11.4. The average Bonchev–Trinajstić information content (AvgIpc) is 1.61. The minimum atomic E-state index is -2.56. The fraction of sp³-hybridized carbons (Fsp3) is 0.750. The van der Waals surface area contributed by atoms with Gasteiger partial charge in [-0.05, 0) is 0 Å². The van der Waals surface area contributed by atoms with Crippen LogP contribution in [0.2, 0.25) is 0 Å². The van der Waals surface area contributed by atoms with E-state index in [4.69, 9.17) is 0 Å². The van der Waals surface area contributed by atoms with Crippen molar-refractivity contribution in [2.75, 3.05) is 6.61 Å². The van der Waals surface area contributed by atoms with Gasteiger partial charge in [0.1, 0.15) is 0 Å². The van der Waals surface area contributed by atoms with Crippen LogP contribution in [0.3, 0.4) is 0 Å². The zero-order valence-electron chi connectivity index (χ0n) is 4.77. The molecule has 2 nitrogen and oxygen atoms in total. The molecule has 0 N–H and O–H groups in total. The van der Waals surface area contributed by atoms with E-state index in [2.05, 4.69) is 4.74 Å². The van der Waals surface area contributed by atoms with Crippen LogP contribution in [0, 0.1) is 0 Å². The van der Waals surface area contributed by atoms with Crippen LogP contribution in [-0.4, -0.2) is 19.0 Å². The lowest BCUT2D eigenvalue weighted by molar-refractivity contribution is -0.144. The predicted octanol–water partition coefficient (Wildman–Crippen LogP) is 1.39. The second-order valence-electron chi connectivity index (χ2n) is 1.19. The number of halogens is 3. The van der Waals surface area contributed by atoms with E-state index in [0.29, 0.717) is 0 Å². The highest BCUT2D eigenvalue weighted by Gasteiger charge is 2.02. The van der Waals surface area contributed by atoms with Crippen molar-refractivity contribution in [1.29, 1.82) is 0 Å². The molecule has 0 fully saturated rings. The van der Waals surface area contributed by atoms with Gasteiger partial charge in [-0.3, -0.25) is 4.79 Å². The molecule has 0 radical (unpaired) electrons. The summed E-state index contributed by atoms with van der Waals surface area (Å²) in [5, 5.41) is 0. The Balaban J connectivity index is 0. The van der Waals surface area contributed by atoms with Crippen LogP contribution in [0.15, 0.2) is 0 Å². The van der Waals surface area contributed by atoms with Crippen LogP contribution in [0.1, 0.15) is 6.92 Å². The lowest BCUT2D eigenvalue weighted by Crippen LogP contribution is -2.07. The molecule has 0 aromatic rings. The Kier molecular flexibility index (Phi) is 7.65. The van der Waals surface area contributed by atoms with Gasteiger partial charge in [-0.25, -0.2) is 8.78 Å². The Hall–Kier alpha value is -0.190. The maximum absolute atomic E-state index is 11.1. The summed E-state index contributed by atoms with van der Waals surface area (Å²) in [6.07, 6.45) is -2.56. The van der Waals surface area contributed by atoms with Gasteiger partial charge in [0.2, 0.25) is 0 Å². The van der Waals surface area contributed by atoms with Crippen molar-refractivity contribution in [3.63, 3.8) is 0 Å². The monoisotopic (exact) mass is 204 g/mol. The molecule has 9 heavy (non-hydrogen) atoms. The SMILES string of the molecule is Br.CC(=O)OCC(F)F. The van der Waals surface area contributed by atoms with Crippen molar-refractivity contribution in [3.8, 4) is 0 Å². The van der Waals surface area contributed by atoms with Gasteiger partial charge >= 0.3 is 5.97 Å². The maximum Gasteiger partial charge on any atom is 0.302 e. The molecule has 0 aromatic carbocycles. The molecule has 0 saturated heterocycles. The Labute approximate surface area is 62.0 Å². The third-order valence-electron chi connectivity index (χ3n) is 0.413. The first-order valence-corrected chi connectivity index (χ1v) is 2.04. The minimum Gasteiger partial charge on any atom is -0.460 e. The van der Waals surface area contributed by atoms with Crippen LogP contribution >= 0.6 is 17.0 Å². The average molecular weight is 205 g/mol. The van der Waals surface area contributed by atoms with Crippen LogP contribution in [0.5, 0.6) is 0 Å². The first-order valence-electron chi connectivity index (χ1n) is 2.04. The summed E-state index contributed by atoms with van der Waals surface area (Å²) in [4.78, 5) is 9.79. The normalized spacial score (nSPS) is 8.44. The van der Waals surface area contributed by atoms with E-state index < -0.39 is 19.0 Å². The van der Waals surface area contributed by atoms with Crippen LogP contribution in [0.25, 0.3) is 0 Å². The van der Waals surface area contributed by atoms with Crippen molar-refractivity contribution in [2.24, 2.45) is 0 Å². The summed E-state index contributed by atoms with van der Waals surface area (Å²) in [5.74, 6) is -0.676. The van der Waals surface area contributed by atoms with Crippen molar-refractivity contribution in [1.82, 2.24) is 0 Å². The minimum absolute atomic E-state index is 0. The Morgan fingerprint density at radius 1 is 1.67 bits per heavy atom. The molecule has 0 aliphatic heterocycles. The van der Waals surface area contributed by atoms with Crippen molar-refractivity contribution >= 4 is 23.0 Å². The van der Waals surface area contributed by atoms with Crippen molar-refractivity contribution in [2.45, 2.75) is 13.3 Å². The highest BCUT2D eigenvalue weighted by atomic mass is 79.9. The third-order valence-corrected chi connectivity index (χ3v) is 0.413. The van der Waals surface area contributed by atoms with Gasteiger partial charge in [0, 0.05) is 6.92 Å². The van der Waals surface area contributed by atoms with Crippen LogP contribution in [-0.2, 0) is 9.53 Å². The zero-order chi connectivity index (χ0) is 6.57. The van der Waals surface area contributed by atoms with E-state index >= 15 is 0 Å². The Morgan fingerprint density at radius 3 is 2.22 bits per heavy atom. The second-order valence-corrected chi connectivity index (χ2v) is 1.19. The quantitative estimate of drug-likeness (QED) is 0.636. The van der Waals surface area contributed by atoms with Gasteiger partial charge in [-0.1, -0.05) is 0 Å². The number of hydrogen-bond acceptors (Lipinski definition) is 2. The van der Waals surface area contributed by atoms with Gasteiger partial charge < -0.3 is 4.74 Å². The Morgan fingerprint density at radius 2 is 2.11 bits per heavy atom. The van der Waals surface area contributed by atoms with Gasteiger partial charge in [0.05, 0.1) is 0 Å². The number of alkyl halides is 2. The fourth-order valence-corrected chi connectivity index (χ4v) is 0.180. The standard InChI is InChI=1S/C4H6F2O2.BrH/c1-3(7)8-2-4(5)6;/h4H,2H2,1H3;1H. The fourth-order valence-electron chi connectivity index (χ4n) is 0.180. The van der Waals surface area contributed by atoms with Crippen molar-refractivity contribution < 1.29 is 18.3 Å². The molecule has 0 amide bonds. The summed E-state index contributed by atoms with van der Waals surface area (Å²) < 4.78 is 26.2. The number of ether oxygens (including phenoxy) is 1. The number of carbonyl (C=O) groups excluding carboxylic acids is 1. The van der Waals surface area contributed by atoms with E-state index in [1.807, 2.05) is 0 Å². The van der Waals surface area contributed by atoms with E-state index in [9.17, 15) is 13.6 Å². The lowest BCUT2D eigenvalue weighted by atomic mass is 10.7. The number of esters is 1. The molecule has 0 atom stereocenters. The molecular weight excluding hydrogens is 198 g/mol. The summed E-state index contributed by atoms with van der Waals surface area (Å²) in [5.41, 5.74) is 0. The van der Waals surface area contributed by atoms with Crippen LogP contribution < -0.4 is 0 Å². The van der Waals surface area contributed by atoms with Gasteiger partial charge in [0.25, 0.3) is 6.43 Å². The molecular formula is C4H7BrF2O2. The zero-order valence-corrected chi connectivity index (χ0v) is 6.48. The molecule has 0 rings (SSSR count). The van der Waals surface area contributed by atoms with E-state index in [1.54, 1.807) is 0 Å². The lowest BCUT2D eigenvalue weighted by Gasteiger charge is -1.96. The topological polar surface area (TPSA) is 26.3 Å². The first kappa shape index (κ1) is 11.6. The Bertz CT molecular complexity index is 86.6. The first-order chi connectivity index (χ1) is 3.63. The second kappa shape index (κ2) is 5.94. The van der Waals surface area contributed by atoms with E-state index in [-0.39, 0.29) is 17.0 Å². The largest absolute Gasteiger partial charge is 0.460 e. The van der Waals surface area contributed by atoms with Gasteiger partial charge in [0.15, 0.2) is 6.61 Å². The molecule has 0 aromatic heterocycles. The molecule has 56 valence electrons. The number of hydrogen-bond donors (Lipinski definition) is 0. The van der Waals surface area contributed by atoms with Gasteiger partial charge in [-0.2, -0.15) is 0 Å². The maximum atomic E-state index is 11.1. The molecule has 0 saturated carbocycles. The van der Waals surface area contributed by atoms with Crippen molar-refractivity contribution in [3.05, 3.63) is 0 Å². The molecule has 5 heteroatoms. The smallest absolute Gasteiger partial charge is 0.302 e. The number of carbonyl (C=O) groups is 1. The molecule has 0 aliphatic carbocycles. The van der Waals surface area contributed by atoms with E-state index in [0.717, 1.165) is 6.92 Å². The predicted molar refractivity (Wildman–Crippen MR) is 33.0 cm³/mol. The summed E-state index contributed by atoms with van der Waals surface area (Å²) in [6.45, 7) is 0.289. The number of rotatable bonds is 2. The molecule has 0 heterocycles. The van der Waals surface area contributed by atoms with Gasteiger partial charge in [-0.15, -0.1) is 17.0 Å². The summed E-state index contributed by atoms with van der Waals surface area (Å²) in [7, 11) is 0. The highest BCUT2D eigenvalue weighted by Crippen LogP contribution is 1.91.